The highest BCUT2D eigenvalue weighted by Crippen LogP contribution is 2.36. The van der Waals surface area contributed by atoms with Crippen LogP contribution in [0.1, 0.15) is 120 Å². The van der Waals surface area contributed by atoms with Gasteiger partial charge in [0.25, 0.3) is 15.6 Å². The maximum atomic E-state index is 12.8. The predicted molar refractivity (Wildman–Crippen MR) is 166 cm³/mol. The van der Waals surface area contributed by atoms with Gasteiger partial charge in [0.05, 0.1) is 5.56 Å². The molecular weight excluding hydrogens is 555 g/mol. The molecule has 0 aliphatic rings. The largest absolute Gasteiger partial charge is 0.506 e. The van der Waals surface area contributed by atoms with E-state index in [0.29, 0.717) is 17.3 Å². The van der Waals surface area contributed by atoms with Crippen LogP contribution in [0, 0.1) is 0 Å². The summed E-state index contributed by atoms with van der Waals surface area (Å²) < 4.78 is -2.16. The summed E-state index contributed by atoms with van der Waals surface area (Å²) in [6.45, 7) is 2.78. The SMILES string of the molecule is CCCCCCCCCCCCCCCCCCNC(=O)c1cc(NC(=O)C(Cl)(Cl)Cl)c2ccccc2c1O. The first-order valence-corrected chi connectivity index (χ1v) is 15.8. The number of carbonyl (C=O) groups excluding carboxylic acids is 2. The molecule has 0 saturated heterocycles. The minimum Gasteiger partial charge on any atom is -0.506 e. The van der Waals surface area contributed by atoms with Crippen LogP contribution >= 0.6 is 34.8 Å². The lowest BCUT2D eigenvalue weighted by Gasteiger charge is -2.16. The van der Waals surface area contributed by atoms with Gasteiger partial charge < -0.3 is 15.7 Å². The Bertz CT molecular complexity index is 1020. The summed E-state index contributed by atoms with van der Waals surface area (Å²) in [6, 6.07) is 8.28. The zero-order valence-electron chi connectivity index (χ0n) is 23.3. The highest BCUT2D eigenvalue weighted by molar-refractivity contribution is 6.76. The van der Waals surface area contributed by atoms with Crippen LogP contribution in [-0.4, -0.2) is 27.3 Å². The van der Waals surface area contributed by atoms with Crippen molar-refractivity contribution in [2.45, 2.75) is 113 Å². The zero-order valence-corrected chi connectivity index (χ0v) is 25.6. The van der Waals surface area contributed by atoms with E-state index in [1.807, 2.05) is 0 Å². The van der Waals surface area contributed by atoms with Gasteiger partial charge in [-0.25, -0.2) is 0 Å². The number of benzene rings is 2. The van der Waals surface area contributed by atoms with Crippen molar-refractivity contribution in [3.63, 3.8) is 0 Å². The monoisotopic (exact) mass is 598 g/mol. The molecule has 2 aromatic carbocycles. The Morgan fingerprint density at radius 1 is 0.744 bits per heavy atom. The molecule has 2 aromatic rings. The molecular formula is C31H45Cl3N2O3. The number of phenols is 1. The van der Waals surface area contributed by atoms with Crippen molar-refractivity contribution < 1.29 is 14.7 Å². The third kappa shape index (κ3) is 12.6. The molecule has 2 rings (SSSR count). The molecule has 3 N–H and O–H groups in total. The molecule has 0 unspecified atom stereocenters. The number of fused-ring (bicyclic) bond motifs is 1. The summed E-state index contributed by atoms with van der Waals surface area (Å²) >= 11 is 17.1. The first kappa shape index (κ1) is 33.5. The number of hydrogen-bond donors (Lipinski definition) is 3. The number of rotatable bonds is 19. The van der Waals surface area contributed by atoms with E-state index in [1.165, 1.54) is 89.5 Å². The van der Waals surface area contributed by atoms with E-state index < -0.39 is 15.6 Å². The van der Waals surface area contributed by atoms with E-state index in [-0.39, 0.29) is 17.0 Å². The fourth-order valence-electron chi connectivity index (χ4n) is 4.80. The summed E-state index contributed by atoms with van der Waals surface area (Å²) in [6.07, 6.45) is 20.7. The number of nitrogens with one attached hydrogen (secondary N) is 2. The van der Waals surface area contributed by atoms with Crippen molar-refractivity contribution >= 4 is 63.1 Å². The van der Waals surface area contributed by atoms with E-state index in [1.54, 1.807) is 24.3 Å². The number of carbonyl (C=O) groups is 2. The first-order valence-electron chi connectivity index (χ1n) is 14.7. The lowest BCUT2D eigenvalue weighted by Crippen LogP contribution is -2.28. The normalized spacial score (nSPS) is 11.6. The molecule has 2 amide bonds. The molecule has 39 heavy (non-hydrogen) atoms. The van der Waals surface area contributed by atoms with Crippen molar-refractivity contribution in [1.82, 2.24) is 5.32 Å². The third-order valence-corrected chi connectivity index (χ3v) is 7.60. The summed E-state index contributed by atoms with van der Waals surface area (Å²) in [7, 11) is 0. The van der Waals surface area contributed by atoms with Crippen LogP contribution in [0.3, 0.4) is 0 Å². The topological polar surface area (TPSA) is 78.4 Å². The average molecular weight is 600 g/mol. The van der Waals surface area contributed by atoms with Crippen LogP contribution in [0.15, 0.2) is 30.3 Å². The van der Waals surface area contributed by atoms with Crippen molar-refractivity contribution in [3.05, 3.63) is 35.9 Å². The Morgan fingerprint density at radius 3 is 1.69 bits per heavy atom. The summed E-state index contributed by atoms with van der Waals surface area (Å²) in [5.74, 6) is -1.41. The van der Waals surface area contributed by atoms with Crippen LogP contribution in [-0.2, 0) is 4.79 Å². The van der Waals surface area contributed by atoms with E-state index in [2.05, 4.69) is 17.6 Å². The molecule has 0 fully saturated rings. The predicted octanol–water partition coefficient (Wildman–Crippen LogP) is 9.85. The zero-order chi connectivity index (χ0) is 28.5. The van der Waals surface area contributed by atoms with Gasteiger partial charge in [-0.2, -0.15) is 0 Å². The van der Waals surface area contributed by atoms with Gasteiger partial charge in [-0.15, -0.1) is 0 Å². The molecule has 0 heterocycles. The third-order valence-electron chi connectivity index (χ3n) is 7.08. The first-order chi connectivity index (χ1) is 18.8. The number of amides is 2. The van der Waals surface area contributed by atoms with Crippen LogP contribution in [0.25, 0.3) is 10.8 Å². The lowest BCUT2D eigenvalue weighted by atomic mass is 10.0. The molecule has 0 aliphatic carbocycles. The van der Waals surface area contributed by atoms with Gasteiger partial charge in [0, 0.05) is 23.0 Å². The number of anilines is 1. The second kappa shape index (κ2) is 18.6. The summed E-state index contributed by atoms with van der Waals surface area (Å²) in [4.78, 5) is 25.1. The molecule has 0 aromatic heterocycles. The Labute approximate surface area is 249 Å². The Morgan fingerprint density at radius 2 is 1.21 bits per heavy atom. The number of phenolic OH excluding ortho intramolecular Hbond substituents is 1. The fraction of sp³-hybridized carbons (Fsp3) is 0.613. The average Bonchev–Trinajstić information content (AvgIpc) is 2.91. The van der Waals surface area contributed by atoms with Crippen LogP contribution in [0.5, 0.6) is 5.75 Å². The number of alkyl halides is 3. The van der Waals surface area contributed by atoms with Crippen molar-refractivity contribution in [1.29, 1.82) is 0 Å². The van der Waals surface area contributed by atoms with Gasteiger partial charge in [-0.05, 0) is 12.5 Å². The minimum absolute atomic E-state index is 0.0600. The van der Waals surface area contributed by atoms with Crippen LogP contribution in [0.4, 0.5) is 5.69 Å². The molecule has 8 heteroatoms. The molecule has 0 aliphatic heterocycles. The number of hydrogen-bond acceptors (Lipinski definition) is 3. The maximum absolute atomic E-state index is 12.8. The van der Waals surface area contributed by atoms with Gasteiger partial charge in [0.15, 0.2) is 0 Å². The Hall–Kier alpha value is -1.69. The lowest BCUT2D eigenvalue weighted by molar-refractivity contribution is -0.115. The van der Waals surface area contributed by atoms with Crippen molar-refractivity contribution in [2.75, 3.05) is 11.9 Å². The van der Waals surface area contributed by atoms with Gasteiger partial charge in [0.2, 0.25) is 0 Å². The van der Waals surface area contributed by atoms with Gasteiger partial charge in [0.1, 0.15) is 5.75 Å². The molecule has 0 spiro atoms. The molecule has 0 atom stereocenters. The standard InChI is InChI=1S/C31H45Cl3N2O3/c1-2-3-4-5-6-7-8-9-10-11-12-13-14-15-16-19-22-35-29(38)26-23-27(36-30(39)31(32,33)34)24-20-17-18-21-25(24)28(26)37/h17-18,20-21,23,37H,2-16,19,22H2,1H3,(H,35,38)(H,36,39). The Kier molecular flexibility index (Phi) is 16.0. The molecule has 218 valence electrons. The number of unbranched alkanes of at least 4 members (excludes halogenated alkanes) is 15. The number of halogens is 3. The highest BCUT2D eigenvalue weighted by atomic mass is 35.6. The van der Waals surface area contributed by atoms with E-state index in [0.717, 1.165) is 19.3 Å². The minimum atomic E-state index is -2.16. The van der Waals surface area contributed by atoms with Crippen molar-refractivity contribution in [3.8, 4) is 5.75 Å². The van der Waals surface area contributed by atoms with Crippen LogP contribution < -0.4 is 10.6 Å². The maximum Gasteiger partial charge on any atom is 0.276 e. The molecule has 5 nitrogen and oxygen atoms in total. The Balaban J connectivity index is 1.65. The molecule has 0 saturated carbocycles. The van der Waals surface area contributed by atoms with E-state index in [9.17, 15) is 14.7 Å². The second-order valence-corrected chi connectivity index (χ2v) is 12.7. The number of aromatic hydroxyl groups is 1. The summed E-state index contributed by atoms with van der Waals surface area (Å²) in [5.41, 5.74) is 0.345. The molecule has 0 radical (unpaired) electrons. The van der Waals surface area contributed by atoms with E-state index in [4.69, 9.17) is 34.8 Å². The van der Waals surface area contributed by atoms with Gasteiger partial charge in [-0.1, -0.05) is 162 Å². The van der Waals surface area contributed by atoms with Gasteiger partial charge in [-0.3, -0.25) is 9.59 Å². The summed E-state index contributed by atoms with van der Waals surface area (Å²) in [5, 5.41) is 17.1. The second-order valence-electron chi connectivity index (χ2n) is 10.4. The van der Waals surface area contributed by atoms with Gasteiger partial charge >= 0.3 is 0 Å². The highest BCUT2D eigenvalue weighted by Gasteiger charge is 2.31. The fourth-order valence-corrected chi connectivity index (χ4v) is 4.94. The molecule has 0 bridgehead atoms. The van der Waals surface area contributed by atoms with Crippen LogP contribution in [0.2, 0.25) is 0 Å². The van der Waals surface area contributed by atoms with Crippen molar-refractivity contribution in [2.24, 2.45) is 0 Å². The van der Waals surface area contributed by atoms with E-state index >= 15 is 0 Å². The smallest absolute Gasteiger partial charge is 0.276 e. The quantitative estimate of drug-likeness (QED) is 0.0854.